The maximum atomic E-state index is 5.76. The zero-order chi connectivity index (χ0) is 11.4. The van der Waals surface area contributed by atoms with Crippen molar-refractivity contribution in [1.29, 1.82) is 0 Å². The first-order chi connectivity index (χ1) is 7.77. The quantitative estimate of drug-likeness (QED) is 0.852. The summed E-state index contributed by atoms with van der Waals surface area (Å²) in [7, 11) is 0. The minimum Gasteiger partial charge on any atom is -0.493 e. The average Bonchev–Trinajstić information content (AvgIpc) is 2.80. The van der Waals surface area contributed by atoms with E-state index in [0.717, 1.165) is 23.7 Å². The zero-order valence-electron chi connectivity index (χ0n) is 9.60. The Morgan fingerprint density at radius 2 is 2.12 bits per heavy atom. The predicted molar refractivity (Wildman–Crippen MR) is 64.4 cm³/mol. The number of H-pyrrole nitrogens is 1. The Hall–Kier alpha value is -1.77. The Bertz CT molecular complexity index is 435. The van der Waals surface area contributed by atoms with Crippen LogP contribution in [0.25, 0.3) is 11.4 Å². The van der Waals surface area contributed by atoms with Crippen LogP contribution in [-0.4, -0.2) is 16.6 Å². The molecule has 16 heavy (non-hydrogen) atoms. The van der Waals surface area contributed by atoms with Gasteiger partial charge in [0.1, 0.15) is 11.6 Å². The standard InChI is InChI=1S/C13H16N2O/c1-10(2)9-16-12-6-4-3-5-11(12)13-14-7-8-15-13/h3-8,10H,9H2,1-2H3,(H,14,15). The molecule has 0 aliphatic heterocycles. The fourth-order valence-electron chi connectivity index (χ4n) is 1.46. The van der Waals surface area contributed by atoms with Crippen molar-refractivity contribution in [3.05, 3.63) is 36.7 Å². The molecular weight excluding hydrogens is 200 g/mol. The van der Waals surface area contributed by atoms with Crippen LogP contribution in [0.15, 0.2) is 36.7 Å². The summed E-state index contributed by atoms with van der Waals surface area (Å²) >= 11 is 0. The van der Waals surface area contributed by atoms with Crippen LogP contribution in [0.4, 0.5) is 0 Å². The van der Waals surface area contributed by atoms with Gasteiger partial charge in [0.15, 0.2) is 0 Å². The summed E-state index contributed by atoms with van der Waals surface area (Å²) in [5, 5.41) is 0. The maximum absolute atomic E-state index is 5.76. The molecule has 0 saturated heterocycles. The molecule has 0 spiro atoms. The second-order valence-electron chi connectivity index (χ2n) is 4.14. The Kier molecular flexibility index (Phi) is 3.25. The van der Waals surface area contributed by atoms with Crippen LogP contribution >= 0.6 is 0 Å². The highest BCUT2D eigenvalue weighted by Gasteiger charge is 2.07. The van der Waals surface area contributed by atoms with Crippen LogP contribution in [0.3, 0.4) is 0 Å². The molecule has 0 aliphatic rings. The molecule has 0 amide bonds. The second kappa shape index (κ2) is 4.84. The molecular formula is C13H16N2O. The van der Waals surface area contributed by atoms with Crippen molar-refractivity contribution in [2.45, 2.75) is 13.8 Å². The van der Waals surface area contributed by atoms with Crippen LogP contribution in [0, 0.1) is 5.92 Å². The number of nitrogens with one attached hydrogen (secondary N) is 1. The number of hydrogen-bond donors (Lipinski definition) is 1. The third-order valence-corrected chi connectivity index (χ3v) is 2.21. The van der Waals surface area contributed by atoms with E-state index in [1.54, 1.807) is 6.20 Å². The van der Waals surface area contributed by atoms with Gasteiger partial charge in [-0.2, -0.15) is 0 Å². The number of aromatic nitrogens is 2. The first kappa shape index (κ1) is 10.7. The molecule has 0 aliphatic carbocycles. The number of aromatic amines is 1. The van der Waals surface area contributed by atoms with Crippen molar-refractivity contribution in [2.24, 2.45) is 5.92 Å². The summed E-state index contributed by atoms with van der Waals surface area (Å²) in [6, 6.07) is 7.94. The van der Waals surface area contributed by atoms with E-state index in [0.29, 0.717) is 5.92 Å². The van der Waals surface area contributed by atoms with E-state index < -0.39 is 0 Å². The van der Waals surface area contributed by atoms with E-state index in [1.165, 1.54) is 0 Å². The van der Waals surface area contributed by atoms with Gasteiger partial charge in [0, 0.05) is 12.4 Å². The number of benzene rings is 1. The van der Waals surface area contributed by atoms with Crippen molar-refractivity contribution in [3.63, 3.8) is 0 Å². The van der Waals surface area contributed by atoms with Crippen LogP contribution in [0.5, 0.6) is 5.75 Å². The van der Waals surface area contributed by atoms with Gasteiger partial charge in [-0.05, 0) is 18.1 Å². The zero-order valence-corrected chi connectivity index (χ0v) is 9.60. The molecule has 1 heterocycles. The number of rotatable bonds is 4. The molecule has 0 fully saturated rings. The molecule has 3 nitrogen and oxygen atoms in total. The van der Waals surface area contributed by atoms with Crippen molar-refractivity contribution in [1.82, 2.24) is 9.97 Å². The molecule has 1 aromatic carbocycles. The maximum Gasteiger partial charge on any atom is 0.141 e. The first-order valence-corrected chi connectivity index (χ1v) is 5.49. The summed E-state index contributed by atoms with van der Waals surface area (Å²) in [6.45, 7) is 4.99. The first-order valence-electron chi connectivity index (χ1n) is 5.49. The molecule has 0 radical (unpaired) electrons. The van der Waals surface area contributed by atoms with Crippen molar-refractivity contribution >= 4 is 0 Å². The Balaban J connectivity index is 2.24. The summed E-state index contributed by atoms with van der Waals surface area (Å²) in [5.41, 5.74) is 1.01. The number of para-hydroxylation sites is 1. The van der Waals surface area contributed by atoms with Gasteiger partial charge in [0.05, 0.1) is 12.2 Å². The van der Waals surface area contributed by atoms with E-state index >= 15 is 0 Å². The van der Waals surface area contributed by atoms with Crippen LogP contribution in [-0.2, 0) is 0 Å². The van der Waals surface area contributed by atoms with E-state index in [2.05, 4.69) is 23.8 Å². The van der Waals surface area contributed by atoms with Gasteiger partial charge in [-0.25, -0.2) is 4.98 Å². The molecule has 0 unspecified atom stereocenters. The lowest BCUT2D eigenvalue weighted by molar-refractivity contribution is 0.272. The lowest BCUT2D eigenvalue weighted by Gasteiger charge is -2.11. The second-order valence-corrected chi connectivity index (χ2v) is 4.14. The van der Waals surface area contributed by atoms with Gasteiger partial charge in [0.2, 0.25) is 0 Å². The van der Waals surface area contributed by atoms with Gasteiger partial charge >= 0.3 is 0 Å². The number of nitrogens with zero attached hydrogens (tertiary/aromatic N) is 1. The molecule has 2 aromatic rings. The van der Waals surface area contributed by atoms with Crippen molar-refractivity contribution in [3.8, 4) is 17.1 Å². The minimum absolute atomic E-state index is 0.518. The lowest BCUT2D eigenvalue weighted by Crippen LogP contribution is -2.05. The van der Waals surface area contributed by atoms with Gasteiger partial charge < -0.3 is 9.72 Å². The fraction of sp³-hybridized carbons (Fsp3) is 0.308. The third kappa shape index (κ3) is 2.42. The SMILES string of the molecule is CC(C)COc1ccccc1-c1ncc[nH]1. The normalized spacial score (nSPS) is 10.7. The van der Waals surface area contributed by atoms with E-state index in [-0.39, 0.29) is 0 Å². The van der Waals surface area contributed by atoms with Gasteiger partial charge in [-0.1, -0.05) is 26.0 Å². The molecule has 3 heteroatoms. The Labute approximate surface area is 95.5 Å². The third-order valence-electron chi connectivity index (χ3n) is 2.21. The van der Waals surface area contributed by atoms with Crippen LogP contribution < -0.4 is 4.74 Å². The summed E-state index contributed by atoms with van der Waals surface area (Å²) in [6.07, 6.45) is 3.56. The van der Waals surface area contributed by atoms with Gasteiger partial charge in [-0.3, -0.25) is 0 Å². The number of hydrogen-bond acceptors (Lipinski definition) is 2. The predicted octanol–water partition coefficient (Wildman–Crippen LogP) is 3.11. The topological polar surface area (TPSA) is 37.9 Å². The smallest absolute Gasteiger partial charge is 0.141 e. The molecule has 2 rings (SSSR count). The minimum atomic E-state index is 0.518. The highest BCUT2D eigenvalue weighted by molar-refractivity contribution is 5.63. The lowest BCUT2D eigenvalue weighted by atomic mass is 10.2. The molecule has 1 aromatic heterocycles. The monoisotopic (exact) mass is 216 g/mol. The summed E-state index contributed by atoms with van der Waals surface area (Å²) in [4.78, 5) is 7.33. The largest absolute Gasteiger partial charge is 0.493 e. The van der Waals surface area contributed by atoms with Crippen LogP contribution in [0.1, 0.15) is 13.8 Å². The molecule has 0 bridgehead atoms. The molecule has 0 saturated carbocycles. The highest BCUT2D eigenvalue weighted by atomic mass is 16.5. The number of imidazole rings is 1. The molecule has 84 valence electrons. The van der Waals surface area contributed by atoms with E-state index in [9.17, 15) is 0 Å². The molecule has 1 N–H and O–H groups in total. The van der Waals surface area contributed by atoms with Gasteiger partial charge in [0.25, 0.3) is 0 Å². The van der Waals surface area contributed by atoms with Crippen LogP contribution in [0.2, 0.25) is 0 Å². The van der Waals surface area contributed by atoms with Crippen molar-refractivity contribution in [2.75, 3.05) is 6.61 Å². The average molecular weight is 216 g/mol. The molecule has 0 atom stereocenters. The fourth-order valence-corrected chi connectivity index (χ4v) is 1.46. The van der Waals surface area contributed by atoms with Gasteiger partial charge in [-0.15, -0.1) is 0 Å². The summed E-state index contributed by atoms with van der Waals surface area (Å²) in [5.74, 6) is 2.25. The highest BCUT2D eigenvalue weighted by Crippen LogP contribution is 2.27. The Morgan fingerprint density at radius 3 is 2.81 bits per heavy atom. The summed E-state index contributed by atoms with van der Waals surface area (Å²) < 4.78 is 5.76. The van der Waals surface area contributed by atoms with Crippen molar-refractivity contribution < 1.29 is 4.74 Å². The van der Waals surface area contributed by atoms with E-state index in [1.807, 2.05) is 30.5 Å². The Morgan fingerprint density at radius 1 is 1.31 bits per heavy atom. The number of ether oxygens (including phenoxy) is 1. The van der Waals surface area contributed by atoms with E-state index in [4.69, 9.17) is 4.74 Å².